The summed E-state index contributed by atoms with van der Waals surface area (Å²) < 4.78 is 5.14. The molecule has 0 amide bonds. The van der Waals surface area contributed by atoms with E-state index in [2.05, 4.69) is 27.5 Å². The Morgan fingerprint density at radius 1 is 1.00 bits per heavy atom. The number of hydrogen-bond acceptors (Lipinski definition) is 7. The summed E-state index contributed by atoms with van der Waals surface area (Å²) in [6, 6.07) is 15.3. The lowest BCUT2D eigenvalue weighted by molar-refractivity contribution is -0.383. The Kier molecular flexibility index (Phi) is 7.15. The minimum absolute atomic E-state index is 0.147. The molecule has 0 fully saturated rings. The highest BCUT2D eigenvalue weighted by molar-refractivity contribution is 5.73. The third kappa shape index (κ3) is 5.44. The van der Waals surface area contributed by atoms with Gasteiger partial charge in [-0.15, -0.1) is 0 Å². The molecule has 30 heavy (non-hydrogen) atoms. The Morgan fingerprint density at radius 2 is 1.67 bits per heavy atom. The van der Waals surface area contributed by atoms with Crippen LogP contribution in [0.25, 0.3) is 0 Å². The number of nitrogens with one attached hydrogen (secondary N) is 2. The fraction of sp³-hybridized carbons (Fsp3) is 0.273. The summed E-state index contributed by atoms with van der Waals surface area (Å²) in [6.07, 6.45) is 4.60. The van der Waals surface area contributed by atoms with Crippen molar-refractivity contribution in [3.8, 4) is 5.75 Å². The van der Waals surface area contributed by atoms with Crippen LogP contribution in [0.2, 0.25) is 0 Å². The van der Waals surface area contributed by atoms with Gasteiger partial charge in [0, 0.05) is 12.2 Å². The second-order valence-corrected chi connectivity index (χ2v) is 6.80. The zero-order valence-electron chi connectivity index (χ0n) is 17.1. The van der Waals surface area contributed by atoms with Crippen molar-refractivity contribution in [2.24, 2.45) is 0 Å². The molecule has 156 valence electrons. The average Bonchev–Trinajstić information content (AvgIpc) is 2.77. The molecule has 0 saturated heterocycles. The van der Waals surface area contributed by atoms with Crippen molar-refractivity contribution in [2.45, 2.75) is 32.7 Å². The van der Waals surface area contributed by atoms with Crippen LogP contribution in [-0.4, -0.2) is 22.0 Å². The summed E-state index contributed by atoms with van der Waals surface area (Å²) in [4.78, 5) is 19.4. The van der Waals surface area contributed by atoms with Crippen LogP contribution in [0.3, 0.4) is 0 Å². The number of aromatic nitrogens is 2. The van der Waals surface area contributed by atoms with Crippen LogP contribution in [0.5, 0.6) is 5.75 Å². The number of nitrogens with zero attached hydrogens (tertiary/aromatic N) is 3. The van der Waals surface area contributed by atoms with E-state index < -0.39 is 4.92 Å². The zero-order valence-corrected chi connectivity index (χ0v) is 17.1. The van der Waals surface area contributed by atoms with Gasteiger partial charge < -0.3 is 15.4 Å². The van der Waals surface area contributed by atoms with E-state index in [-0.39, 0.29) is 17.3 Å². The molecule has 0 saturated carbocycles. The van der Waals surface area contributed by atoms with Gasteiger partial charge in [-0.2, -0.15) is 0 Å². The average molecular weight is 407 g/mol. The van der Waals surface area contributed by atoms with Crippen LogP contribution < -0.4 is 15.4 Å². The maximum atomic E-state index is 11.7. The van der Waals surface area contributed by atoms with Crippen LogP contribution in [0.1, 0.15) is 30.9 Å². The highest BCUT2D eigenvalue weighted by atomic mass is 16.6. The van der Waals surface area contributed by atoms with Gasteiger partial charge in [0.2, 0.25) is 11.6 Å². The molecule has 8 heteroatoms. The van der Waals surface area contributed by atoms with Crippen LogP contribution in [0.4, 0.5) is 23.0 Å². The number of methoxy groups -OCH3 is 1. The SMILES string of the molecule is CCCCc1ccc(Nc2ncnc(NCc3ccc(OC)cc3)c2[N+](=O)[O-])cc1. The highest BCUT2D eigenvalue weighted by Gasteiger charge is 2.23. The zero-order chi connectivity index (χ0) is 21.3. The Bertz CT molecular complexity index is 975. The molecule has 0 aliphatic heterocycles. The summed E-state index contributed by atoms with van der Waals surface area (Å²) in [5.41, 5.74) is 2.72. The van der Waals surface area contributed by atoms with Crippen molar-refractivity contribution in [3.63, 3.8) is 0 Å². The van der Waals surface area contributed by atoms with Gasteiger partial charge in [-0.1, -0.05) is 37.6 Å². The molecule has 1 heterocycles. The number of unbranched alkanes of at least 4 members (excludes halogenated alkanes) is 1. The van der Waals surface area contributed by atoms with Gasteiger partial charge >= 0.3 is 5.69 Å². The monoisotopic (exact) mass is 407 g/mol. The van der Waals surface area contributed by atoms with E-state index in [0.717, 1.165) is 36.3 Å². The largest absolute Gasteiger partial charge is 0.497 e. The van der Waals surface area contributed by atoms with Crippen LogP contribution in [-0.2, 0) is 13.0 Å². The topological polar surface area (TPSA) is 102 Å². The van der Waals surface area contributed by atoms with E-state index in [4.69, 9.17) is 4.74 Å². The van der Waals surface area contributed by atoms with Gasteiger partial charge in [-0.25, -0.2) is 9.97 Å². The molecule has 1 aromatic heterocycles. The Labute approximate surface area is 175 Å². The molecule has 0 unspecified atom stereocenters. The molecule has 2 N–H and O–H groups in total. The molecule has 2 aromatic carbocycles. The third-order valence-corrected chi connectivity index (χ3v) is 4.66. The molecule has 0 bridgehead atoms. The highest BCUT2D eigenvalue weighted by Crippen LogP contribution is 2.31. The summed E-state index contributed by atoms with van der Waals surface area (Å²) in [5, 5.41) is 17.8. The number of benzene rings is 2. The predicted molar refractivity (Wildman–Crippen MR) is 117 cm³/mol. The standard InChI is InChI=1S/C22H25N5O3/c1-3-4-5-16-6-10-18(11-7-16)26-22-20(27(28)29)21(24-15-25-22)23-14-17-8-12-19(30-2)13-9-17/h6-13,15H,3-5,14H2,1-2H3,(H2,23,24,25,26). The van der Waals surface area contributed by atoms with Crippen molar-refractivity contribution in [1.82, 2.24) is 9.97 Å². The van der Waals surface area contributed by atoms with Gasteiger partial charge in [0.1, 0.15) is 12.1 Å². The number of hydrogen-bond donors (Lipinski definition) is 2. The van der Waals surface area contributed by atoms with Crippen LogP contribution in [0, 0.1) is 10.1 Å². The van der Waals surface area contributed by atoms with Gasteiger partial charge in [-0.05, 0) is 48.2 Å². The van der Waals surface area contributed by atoms with Crippen molar-refractivity contribution in [3.05, 3.63) is 76.1 Å². The summed E-state index contributed by atoms with van der Waals surface area (Å²) in [6.45, 7) is 2.54. The van der Waals surface area contributed by atoms with E-state index >= 15 is 0 Å². The van der Waals surface area contributed by atoms with Crippen molar-refractivity contribution in [2.75, 3.05) is 17.7 Å². The molecular formula is C22H25N5O3. The first kappa shape index (κ1) is 21.0. The van der Waals surface area contributed by atoms with E-state index in [1.54, 1.807) is 7.11 Å². The fourth-order valence-corrected chi connectivity index (χ4v) is 2.97. The summed E-state index contributed by atoms with van der Waals surface area (Å²) >= 11 is 0. The molecule has 0 radical (unpaired) electrons. The minimum Gasteiger partial charge on any atom is -0.497 e. The maximum absolute atomic E-state index is 11.7. The van der Waals surface area contributed by atoms with Gasteiger partial charge in [0.25, 0.3) is 0 Å². The molecule has 3 aromatic rings. The van der Waals surface area contributed by atoms with Gasteiger partial charge in [0.05, 0.1) is 12.0 Å². The smallest absolute Gasteiger partial charge is 0.353 e. The van der Waals surface area contributed by atoms with Gasteiger partial charge in [0.15, 0.2) is 0 Å². The third-order valence-electron chi connectivity index (χ3n) is 4.66. The number of rotatable bonds is 10. The van der Waals surface area contributed by atoms with E-state index in [0.29, 0.717) is 6.54 Å². The van der Waals surface area contributed by atoms with E-state index in [1.165, 1.54) is 11.9 Å². The number of ether oxygens (including phenoxy) is 1. The molecule has 3 rings (SSSR count). The lowest BCUT2D eigenvalue weighted by atomic mass is 10.1. The first-order valence-electron chi connectivity index (χ1n) is 9.83. The number of anilines is 3. The molecule has 8 nitrogen and oxygen atoms in total. The summed E-state index contributed by atoms with van der Waals surface area (Å²) in [7, 11) is 1.60. The first-order chi connectivity index (χ1) is 14.6. The maximum Gasteiger partial charge on any atom is 0.353 e. The van der Waals surface area contributed by atoms with E-state index in [1.807, 2.05) is 48.5 Å². The lowest BCUT2D eigenvalue weighted by Gasteiger charge is -2.11. The van der Waals surface area contributed by atoms with Crippen molar-refractivity contribution >= 4 is 23.0 Å². The quantitative estimate of drug-likeness (QED) is 0.356. The second kappa shape index (κ2) is 10.2. The molecule has 0 aliphatic carbocycles. The predicted octanol–water partition coefficient (Wildman–Crippen LogP) is 5.09. The van der Waals surface area contributed by atoms with Crippen molar-refractivity contribution in [1.29, 1.82) is 0 Å². The minimum atomic E-state index is -0.478. The van der Waals surface area contributed by atoms with Crippen LogP contribution in [0.15, 0.2) is 54.9 Å². The first-order valence-corrected chi connectivity index (χ1v) is 9.83. The second-order valence-electron chi connectivity index (χ2n) is 6.80. The molecule has 0 atom stereocenters. The fourth-order valence-electron chi connectivity index (χ4n) is 2.97. The molecular weight excluding hydrogens is 382 g/mol. The molecule has 0 aliphatic rings. The van der Waals surface area contributed by atoms with Crippen molar-refractivity contribution < 1.29 is 9.66 Å². The summed E-state index contributed by atoms with van der Waals surface area (Å²) in [5.74, 6) is 1.06. The Balaban J connectivity index is 1.75. The Morgan fingerprint density at radius 3 is 2.30 bits per heavy atom. The van der Waals surface area contributed by atoms with Gasteiger partial charge in [-0.3, -0.25) is 10.1 Å². The number of nitro groups is 1. The van der Waals surface area contributed by atoms with Crippen LogP contribution >= 0.6 is 0 Å². The number of aryl methyl sites for hydroxylation is 1. The normalized spacial score (nSPS) is 10.5. The van der Waals surface area contributed by atoms with E-state index in [9.17, 15) is 10.1 Å². The Hall–Kier alpha value is -3.68. The lowest BCUT2D eigenvalue weighted by Crippen LogP contribution is -2.08. The molecule has 0 spiro atoms.